The van der Waals surface area contributed by atoms with Gasteiger partial charge in [0.2, 0.25) is 5.91 Å². The highest BCUT2D eigenvalue weighted by atomic mass is 19.1. The van der Waals surface area contributed by atoms with E-state index in [2.05, 4.69) is 22.3 Å². The number of anilines is 1. The van der Waals surface area contributed by atoms with E-state index >= 15 is 0 Å². The summed E-state index contributed by atoms with van der Waals surface area (Å²) in [7, 11) is 0. The molecule has 2 aromatic carbocycles. The number of ether oxygens (including phenoxy) is 2. The molecule has 0 unspecified atom stereocenters. The van der Waals surface area contributed by atoms with Gasteiger partial charge in [0.05, 0.1) is 24.9 Å². The van der Waals surface area contributed by atoms with Gasteiger partial charge in [-0.2, -0.15) is 0 Å². The number of likely N-dealkylation sites (tertiary alicyclic amines) is 1. The van der Waals surface area contributed by atoms with Gasteiger partial charge < -0.3 is 14.8 Å². The summed E-state index contributed by atoms with van der Waals surface area (Å²) in [6, 6.07) is 14.9. The zero-order valence-corrected chi connectivity index (χ0v) is 17.4. The number of nitrogens with one attached hydrogen (secondary N) is 1. The zero-order chi connectivity index (χ0) is 21.0. The zero-order valence-electron chi connectivity index (χ0n) is 17.4. The summed E-state index contributed by atoms with van der Waals surface area (Å²) < 4.78 is 26.2. The molecule has 0 saturated carbocycles. The van der Waals surface area contributed by atoms with Crippen molar-refractivity contribution in [1.29, 1.82) is 0 Å². The molecule has 160 valence electrons. The van der Waals surface area contributed by atoms with Crippen LogP contribution in [-0.4, -0.2) is 48.8 Å². The van der Waals surface area contributed by atoms with Crippen molar-refractivity contribution in [2.24, 2.45) is 0 Å². The number of halogens is 1. The van der Waals surface area contributed by atoms with Crippen LogP contribution in [0, 0.1) is 12.7 Å². The smallest absolute Gasteiger partial charge is 0.238 e. The second-order valence-corrected chi connectivity index (χ2v) is 8.30. The monoisotopic (exact) mass is 412 g/mol. The molecule has 2 fully saturated rings. The SMILES string of the molecule is Cc1ccc(NC(=O)CN2CC[C@]3(CCCO3)[C@H](OCc3ccccc3)C2)cc1F. The molecule has 2 aromatic rings. The normalized spacial score (nSPS) is 24.3. The lowest BCUT2D eigenvalue weighted by Gasteiger charge is -2.44. The highest BCUT2D eigenvalue weighted by molar-refractivity contribution is 5.92. The molecule has 30 heavy (non-hydrogen) atoms. The molecule has 2 aliphatic rings. The highest BCUT2D eigenvalue weighted by Gasteiger charge is 2.47. The van der Waals surface area contributed by atoms with Gasteiger partial charge in [-0.15, -0.1) is 0 Å². The third kappa shape index (κ3) is 4.89. The minimum Gasteiger partial charge on any atom is -0.372 e. The number of benzene rings is 2. The van der Waals surface area contributed by atoms with E-state index in [1.54, 1.807) is 19.1 Å². The van der Waals surface area contributed by atoms with Gasteiger partial charge in [0.1, 0.15) is 5.82 Å². The summed E-state index contributed by atoms with van der Waals surface area (Å²) in [5.74, 6) is -0.469. The summed E-state index contributed by atoms with van der Waals surface area (Å²) in [4.78, 5) is 14.6. The van der Waals surface area contributed by atoms with Crippen LogP contribution in [0.25, 0.3) is 0 Å². The average Bonchev–Trinajstić information content (AvgIpc) is 3.21. The van der Waals surface area contributed by atoms with Crippen LogP contribution in [0.3, 0.4) is 0 Å². The molecular weight excluding hydrogens is 383 g/mol. The quantitative estimate of drug-likeness (QED) is 0.782. The van der Waals surface area contributed by atoms with Crippen LogP contribution in [0.2, 0.25) is 0 Å². The Bertz CT molecular complexity index is 868. The Kier molecular flexibility index (Phi) is 6.46. The maximum absolute atomic E-state index is 13.7. The third-order valence-corrected chi connectivity index (χ3v) is 6.11. The standard InChI is InChI=1S/C24H29FN2O3/c1-18-8-9-20(14-21(18)25)26-23(28)16-27-12-11-24(10-5-13-30-24)22(15-27)29-17-19-6-3-2-4-7-19/h2-4,6-9,14,22H,5,10-13,15-17H2,1H3,(H,26,28)/t22-,24-/m1/s1. The van der Waals surface area contributed by atoms with E-state index < -0.39 is 0 Å². The Morgan fingerprint density at radius 2 is 2.10 bits per heavy atom. The molecule has 0 aromatic heterocycles. The van der Waals surface area contributed by atoms with Crippen molar-refractivity contribution in [2.75, 3.05) is 31.6 Å². The predicted molar refractivity (Wildman–Crippen MR) is 114 cm³/mol. The second-order valence-electron chi connectivity index (χ2n) is 8.30. The molecule has 1 amide bonds. The van der Waals surface area contributed by atoms with Crippen LogP contribution in [0.4, 0.5) is 10.1 Å². The molecule has 0 bridgehead atoms. The first kappa shape index (κ1) is 21.0. The van der Waals surface area contributed by atoms with Crippen LogP contribution in [-0.2, 0) is 20.9 Å². The molecule has 0 aliphatic carbocycles. The third-order valence-electron chi connectivity index (χ3n) is 6.11. The van der Waals surface area contributed by atoms with Gasteiger partial charge in [-0.3, -0.25) is 9.69 Å². The minimum absolute atomic E-state index is 0.0847. The lowest BCUT2D eigenvalue weighted by atomic mass is 9.85. The molecule has 2 saturated heterocycles. The molecule has 0 radical (unpaired) electrons. The van der Waals surface area contributed by atoms with Crippen molar-refractivity contribution in [3.05, 3.63) is 65.5 Å². The largest absolute Gasteiger partial charge is 0.372 e. The molecule has 1 N–H and O–H groups in total. The van der Waals surface area contributed by atoms with Crippen LogP contribution >= 0.6 is 0 Å². The minimum atomic E-state index is -0.319. The summed E-state index contributed by atoms with van der Waals surface area (Å²) in [6.45, 7) is 4.66. The van der Waals surface area contributed by atoms with E-state index in [1.165, 1.54) is 6.07 Å². The maximum Gasteiger partial charge on any atom is 0.238 e. The van der Waals surface area contributed by atoms with Gasteiger partial charge in [0, 0.05) is 25.4 Å². The van der Waals surface area contributed by atoms with E-state index in [9.17, 15) is 9.18 Å². The topological polar surface area (TPSA) is 50.8 Å². The van der Waals surface area contributed by atoms with Gasteiger partial charge >= 0.3 is 0 Å². The van der Waals surface area contributed by atoms with Crippen molar-refractivity contribution in [3.8, 4) is 0 Å². The molecule has 2 heterocycles. The fourth-order valence-corrected chi connectivity index (χ4v) is 4.36. The van der Waals surface area contributed by atoms with Crippen LogP contribution < -0.4 is 5.32 Å². The molecule has 1 spiro atoms. The Labute approximate surface area is 177 Å². The molecule has 2 atom stereocenters. The molecule has 6 heteroatoms. The molecule has 4 rings (SSSR count). The summed E-state index contributed by atoms with van der Waals surface area (Å²) >= 11 is 0. The van der Waals surface area contributed by atoms with Crippen molar-refractivity contribution < 1.29 is 18.7 Å². The number of rotatable bonds is 6. The van der Waals surface area contributed by atoms with Crippen molar-refractivity contribution in [1.82, 2.24) is 4.90 Å². The molecule has 5 nitrogen and oxygen atoms in total. The number of piperidine rings is 1. The fraction of sp³-hybridized carbons (Fsp3) is 0.458. The van der Waals surface area contributed by atoms with E-state index in [0.717, 1.165) is 38.0 Å². The van der Waals surface area contributed by atoms with Gasteiger partial charge in [0.25, 0.3) is 0 Å². The molecule has 2 aliphatic heterocycles. The Balaban J connectivity index is 1.37. The predicted octanol–water partition coefficient (Wildman–Crippen LogP) is 3.91. The van der Waals surface area contributed by atoms with Crippen LogP contribution in [0.5, 0.6) is 0 Å². The number of carbonyl (C=O) groups is 1. The Morgan fingerprint density at radius 1 is 1.27 bits per heavy atom. The first-order valence-corrected chi connectivity index (χ1v) is 10.6. The number of hydrogen-bond donors (Lipinski definition) is 1. The number of aryl methyl sites for hydroxylation is 1. The number of hydrogen-bond acceptors (Lipinski definition) is 4. The number of nitrogens with zero attached hydrogens (tertiary/aromatic N) is 1. The van der Waals surface area contributed by atoms with Crippen molar-refractivity contribution in [3.63, 3.8) is 0 Å². The van der Waals surface area contributed by atoms with Crippen LogP contribution in [0.1, 0.15) is 30.4 Å². The van der Waals surface area contributed by atoms with E-state index in [0.29, 0.717) is 24.4 Å². The molecular formula is C24H29FN2O3. The van der Waals surface area contributed by atoms with Crippen LogP contribution in [0.15, 0.2) is 48.5 Å². The Hall–Kier alpha value is -2.28. The second kappa shape index (κ2) is 9.25. The van der Waals surface area contributed by atoms with E-state index in [4.69, 9.17) is 9.47 Å². The summed E-state index contributed by atoms with van der Waals surface area (Å²) in [5.41, 5.74) is 1.92. The fourth-order valence-electron chi connectivity index (χ4n) is 4.36. The van der Waals surface area contributed by atoms with E-state index in [-0.39, 0.29) is 30.0 Å². The van der Waals surface area contributed by atoms with Crippen molar-refractivity contribution in [2.45, 2.75) is 44.5 Å². The van der Waals surface area contributed by atoms with Gasteiger partial charge in [-0.05, 0) is 49.4 Å². The lowest BCUT2D eigenvalue weighted by molar-refractivity contribution is -0.159. The van der Waals surface area contributed by atoms with E-state index in [1.807, 2.05) is 18.2 Å². The van der Waals surface area contributed by atoms with Gasteiger partial charge in [-0.1, -0.05) is 36.4 Å². The average molecular weight is 413 g/mol. The van der Waals surface area contributed by atoms with Gasteiger partial charge in [0.15, 0.2) is 0 Å². The number of carbonyl (C=O) groups excluding carboxylic acids is 1. The first-order valence-electron chi connectivity index (χ1n) is 10.6. The first-order chi connectivity index (χ1) is 14.5. The van der Waals surface area contributed by atoms with Crippen molar-refractivity contribution >= 4 is 11.6 Å². The van der Waals surface area contributed by atoms with Gasteiger partial charge in [-0.25, -0.2) is 4.39 Å². The Morgan fingerprint density at radius 3 is 2.83 bits per heavy atom. The number of amides is 1. The summed E-state index contributed by atoms with van der Waals surface area (Å²) in [6.07, 6.45) is 2.80. The lowest BCUT2D eigenvalue weighted by Crippen LogP contribution is -2.57. The maximum atomic E-state index is 13.7. The summed E-state index contributed by atoms with van der Waals surface area (Å²) in [5, 5.41) is 2.80. The highest BCUT2D eigenvalue weighted by Crippen LogP contribution is 2.38.